The number of hydrogen-bond acceptors (Lipinski definition) is 2. The van der Waals surface area contributed by atoms with Gasteiger partial charge in [0.15, 0.2) is 6.61 Å². The van der Waals surface area contributed by atoms with Gasteiger partial charge in [0.25, 0.3) is 5.91 Å². The molecule has 0 bridgehead atoms. The predicted molar refractivity (Wildman–Crippen MR) is 72.1 cm³/mol. The fourth-order valence-electron chi connectivity index (χ4n) is 1.44. The molecule has 17 heavy (non-hydrogen) atoms. The molecule has 1 aromatic rings. The summed E-state index contributed by atoms with van der Waals surface area (Å²) >= 11 is 3.34. The predicted octanol–water partition coefficient (Wildman–Crippen LogP) is 3.13. The van der Waals surface area contributed by atoms with Crippen molar-refractivity contribution in [3.8, 4) is 5.75 Å². The van der Waals surface area contributed by atoms with Crippen molar-refractivity contribution in [2.75, 3.05) is 6.61 Å². The van der Waals surface area contributed by atoms with Gasteiger partial charge in [0, 0.05) is 10.5 Å². The molecule has 1 aromatic carbocycles. The SMILES string of the molecule is CCC(CC)NC(=O)COc1ccc(Br)cc1. The molecule has 0 aromatic heterocycles. The number of benzene rings is 1. The average Bonchev–Trinajstić information content (AvgIpc) is 2.35. The molecule has 0 atom stereocenters. The van der Waals surface area contributed by atoms with Crippen LogP contribution in [0.25, 0.3) is 0 Å². The van der Waals surface area contributed by atoms with Crippen LogP contribution in [0.4, 0.5) is 0 Å². The van der Waals surface area contributed by atoms with E-state index < -0.39 is 0 Å². The van der Waals surface area contributed by atoms with Crippen molar-refractivity contribution in [2.24, 2.45) is 0 Å². The Bertz CT molecular complexity index is 347. The normalized spacial score (nSPS) is 10.4. The third kappa shape index (κ3) is 5.22. The van der Waals surface area contributed by atoms with Crippen LogP contribution in [0.3, 0.4) is 0 Å². The first-order chi connectivity index (χ1) is 8.15. The summed E-state index contributed by atoms with van der Waals surface area (Å²) in [7, 11) is 0. The first kappa shape index (κ1) is 14.0. The molecule has 1 N–H and O–H groups in total. The Morgan fingerprint density at radius 3 is 2.41 bits per heavy atom. The third-order valence-electron chi connectivity index (χ3n) is 2.53. The topological polar surface area (TPSA) is 38.3 Å². The summed E-state index contributed by atoms with van der Waals surface area (Å²) in [4.78, 5) is 11.6. The smallest absolute Gasteiger partial charge is 0.258 e. The summed E-state index contributed by atoms with van der Waals surface area (Å²) < 4.78 is 6.37. The second kappa shape index (κ2) is 7.33. The summed E-state index contributed by atoms with van der Waals surface area (Å²) in [6.07, 6.45) is 1.89. The molecule has 0 fully saturated rings. The highest BCUT2D eigenvalue weighted by Gasteiger charge is 2.08. The molecule has 0 aliphatic carbocycles. The van der Waals surface area contributed by atoms with Crippen molar-refractivity contribution in [3.05, 3.63) is 28.7 Å². The maximum atomic E-state index is 11.6. The fraction of sp³-hybridized carbons (Fsp3) is 0.462. The van der Waals surface area contributed by atoms with Gasteiger partial charge in [-0.2, -0.15) is 0 Å². The molecular formula is C13H18BrNO2. The maximum absolute atomic E-state index is 11.6. The van der Waals surface area contributed by atoms with E-state index in [-0.39, 0.29) is 18.6 Å². The average molecular weight is 300 g/mol. The lowest BCUT2D eigenvalue weighted by molar-refractivity contribution is -0.123. The van der Waals surface area contributed by atoms with Crippen molar-refractivity contribution >= 4 is 21.8 Å². The van der Waals surface area contributed by atoms with Gasteiger partial charge in [-0.15, -0.1) is 0 Å². The van der Waals surface area contributed by atoms with Crippen LogP contribution in [0, 0.1) is 0 Å². The monoisotopic (exact) mass is 299 g/mol. The van der Waals surface area contributed by atoms with E-state index in [1.807, 2.05) is 24.3 Å². The van der Waals surface area contributed by atoms with Crippen molar-refractivity contribution in [1.29, 1.82) is 0 Å². The summed E-state index contributed by atoms with van der Waals surface area (Å²) in [5.41, 5.74) is 0. The van der Waals surface area contributed by atoms with E-state index in [0.29, 0.717) is 5.75 Å². The Hall–Kier alpha value is -1.03. The van der Waals surface area contributed by atoms with Crippen LogP contribution in [-0.4, -0.2) is 18.6 Å². The zero-order valence-electron chi connectivity index (χ0n) is 10.2. The molecule has 3 nitrogen and oxygen atoms in total. The Kier molecular flexibility index (Phi) is 6.05. The molecule has 94 valence electrons. The number of carbonyl (C=O) groups excluding carboxylic acids is 1. The van der Waals surface area contributed by atoms with E-state index in [1.54, 1.807) is 0 Å². The van der Waals surface area contributed by atoms with E-state index in [9.17, 15) is 4.79 Å². The molecular weight excluding hydrogens is 282 g/mol. The van der Waals surface area contributed by atoms with Crippen molar-refractivity contribution in [2.45, 2.75) is 32.7 Å². The van der Waals surface area contributed by atoms with Crippen LogP contribution >= 0.6 is 15.9 Å². The number of rotatable bonds is 6. The quantitative estimate of drug-likeness (QED) is 0.876. The van der Waals surface area contributed by atoms with Gasteiger partial charge in [-0.05, 0) is 37.1 Å². The van der Waals surface area contributed by atoms with Crippen LogP contribution in [0.2, 0.25) is 0 Å². The lowest BCUT2D eigenvalue weighted by Crippen LogP contribution is -2.37. The van der Waals surface area contributed by atoms with Gasteiger partial charge >= 0.3 is 0 Å². The van der Waals surface area contributed by atoms with E-state index >= 15 is 0 Å². The molecule has 0 saturated carbocycles. The molecule has 1 rings (SSSR count). The van der Waals surface area contributed by atoms with Crippen LogP contribution in [0.1, 0.15) is 26.7 Å². The molecule has 1 amide bonds. The van der Waals surface area contributed by atoms with E-state index in [4.69, 9.17) is 4.74 Å². The first-order valence-corrected chi connectivity index (χ1v) is 6.62. The highest BCUT2D eigenvalue weighted by atomic mass is 79.9. The molecule has 0 radical (unpaired) electrons. The zero-order valence-corrected chi connectivity index (χ0v) is 11.8. The van der Waals surface area contributed by atoms with Gasteiger partial charge in [-0.25, -0.2) is 0 Å². The number of ether oxygens (including phenoxy) is 1. The summed E-state index contributed by atoms with van der Waals surface area (Å²) in [5.74, 6) is 0.634. The molecule has 0 aliphatic heterocycles. The van der Waals surface area contributed by atoms with Gasteiger partial charge in [0.05, 0.1) is 0 Å². The second-order valence-electron chi connectivity index (χ2n) is 3.82. The van der Waals surface area contributed by atoms with Crippen LogP contribution in [0.5, 0.6) is 5.75 Å². The van der Waals surface area contributed by atoms with Gasteiger partial charge in [-0.1, -0.05) is 29.8 Å². The van der Waals surface area contributed by atoms with E-state index in [0.717, 1.165) is 17.3 Å². The van der Waals surface area contributed by atoms with E-state index in [2.05, 4.69) is 35.1 Å². The Morgan fingerprint density at radius 1 is 1.29 bits per heavy atom. The lowest BCUT2D eigenvalue weighted by atomic mass is 10.2. The number of carbonyl (C=O) groups is 1. The van der Waals surface area contributed by atoms with Gasteiger partial charge in [-0.3, -0.25) is 4.79 Å². The molecule has 4 heteroatoms. The van der Waals surface area contributed by atoms with Crippen LogP contribution in [-0.2, 0) is 4.79 Å². The number of halogens is 1. The minimum Gasteiger partial charge on any atom is -0.484 e. The number of amides is 1. The Labute approximate surface area is 111 Å². The largest absolute Gasteiger partial charge is 0.484 e. The maximum Gasteiger partial charge on any atom is 0.258 e. The van der Waals surface area contributed by atoms with Gasteiger partial charge in [0.1, 0.15) is 5.75 Å². The fourth-order valence-corrected chi connectivity index (χ4v) is 1.71. The number of hydrogen-bond donors (Lipinski definition) is 1. The highest BCUT2D eigenvalue weighted by Crippen LogP contribution is 2.15. The van der Waals surface area contributed by atoms with Crippen molar-refractivity contribution in [3.63, 3.8) is 0 Å². The molecule has 0 spiro atoms. The summed E-state index contributed by atoms with van der Waals surface area (Å²) in [6, 6.07) is 7.67. The summed E-state index contributed by atoms with van der Waals surface area (Å²) in [6.45, 7) is 4.19. The second-order valence-corrected chi connectivity index (χ2v) is 4.74. The highest BCUT2D eigenvalue weighted by molar-refractivity contribution is 9.10. The molecule has 0 saturated heterocycles. The van der Waals surface area contributed by atoms with E-state index in [1.165, 1.54) is 0 Å². The minimum absolute atomic E-state index is 0.0676. The van der Waals surface area contributed by atoms with Crippen molar-refractivity contribution < 1.29 is 9.53 Å². The third-order valence-corrected chi connectivity index (χ3v) is 3.06. The molecule has 0 heterocycles. The zero-order chi connectivity index (χ0) is 12.7. The first-order valence-electron chi connectivity index (χ1n) is 5.83. The van der Waals surface area contributed by atoms with Crippen LogP contribution in [0.15, 0.2) is 28.7 Å². The van der Waals surface area contributed by atoms with Crippen molar-refractivity contribution in [1.82, 2.24) is 5.32 Å². The lowest BCUT2D eigenvalue weighted by Gasteiger charge is -2.14. The molecule has 0 aliphatic rings. The van der Waals surface area contributed by atoms with Crippen LogP contribution < -0.4 is 10.1 Å². The Balaban J connectivity index is 2.35. The Morgan fingerprint density at radius 2 is 1.88 bits per heavy atom. The summed E-state index contributed by atoms with van der Waals surface area (Å²) in [5, 5.41) is 2.92. The number of nitrogens with one attached hydrogen (secondary N) is 1. The minimum atomic E-state index is -0.0679. The standard InChI is InChI=1S/C13H18BrNO2/c1-3-11(4-2)15-13(16)9-17-12-7-5-10(14)6-8-12/h5-8,11H,3-4,9H2,1-2H3,(H,15,16). The van der Waals surface area contributed by atoms with Gasteiger partial charge < -0.3 is 10.1 Å². The molecule has 0 unspecified atom stereocenters. The van der Waals surface area contributed by atoms with Gasteiger partial charge in [0.2, 0.25) is 0 Å².